The number of nitrogens with one attached hydrogen (secondary N) is 1. The highest BCUT2D eigenvalue weighted by molar-refractivity contribution is 7.09. The molecule has 3 heteroatoms. The Labute approximate surface area is 101 Å². The number of nitrogens with zero attached hydrogens (tertiary/aromatic N) is 1. The van der Waals surface area contributed by atoms with E-state index in [1.54, 1.807) is 0 Å². The number of hydrogen-bond acceptors (Lipinski definition) is 2. The first-order chi connectivity index (χ1) is 7.81. The van der Waals surface area contributed by atoms with Crippen LogP contribution in [-0.4, -0.2) is 11.1 Å². The third-order valence-corrected chi connectivity index (χ3v) is 3.59. The van der Waals surface area contributed by atoms with Crippen LogP contribution in [-0.2, 0) is 6.54 Å². The molecule has 0 amide bonds. The molecular weight excluding hydrogens is 216 g/mol. The number of hydrogen-bond donors (Lipinski definition) is 1. The summed E-state index contributed by atoms with van der Waals surface area (Å²) in [7, 11) is 0. The molecule has 86 valence electrons. The molecule has 0 aliphatic heterocycles. The Morgan fingerprint density at radius 1 is 1.38 bits per heavy atom. The van der Waals surface area contributed by atoms with Crippen LogP contribution in [0.25, 0.3) is 0 Å². The second-order valence-corrected chi connectivity index (χ2v) is 4.95. The van der Waals surface area contributed by atoms with E-state index in [1.807, 2.05) is 11.3 Å². The molecule has 0 spiro atoms. The molecule has 2 aromatic heterocycles. The monoisotopic (exact) mass is 234 g/mol. The zero-order valence-corrected chi connectivity index (χ0v) is 10.6. The summed E-state index contributed by atoms with van der Waals surface area (Å²) in [6.45, 7) is 6.34. The second-order valence-electron chi connectivity index (χ2n) is 3.92. The molecule has 0 aliphatic carbocycles. The smallest absolute Gasteiger partial charge is 0.0566 e. The first kappa shape index (κ1) is 11.4. The van der Waals surface area contributed by atoms with Gasteiger partial charge in [-0.05, 0) is 37.0 Å². The summed E-state index contributed by atoms with van der Waals surface area (Å²) in [5.41, 5.74) is 1.36. The molecule has 0 radical (unpaired) electrons. The maximum absolute atomic E-state index is 3.45. The minimum Gasteiger partial charge on any atom is -0.345 e. The molecule has 0 saturated carbocycles. The molecule has 1 atom stereocenters. The van der Waals surface area contributed by atoms with Crippen LogP contribution in [0.2, 0.25) is 0 Å². The van der Waals surface area contributed by atoms with Crippen LogP contribution in [0.5, 0.6) is 0 Å². The van der Waals surface area contributed by atoms with E-state index in [4.69, 9.17) is 0 Å². The summed E-state index contributed by atoms with van der Waals surface area (Å²) < 4.78 is 2.32. The van der Waals surface area contributed by atoms with E-state index in [0.717, 1.165) is 13.1 Å². The highest BCUT2D eigenvalue weighted by atomic mass is 32.1. The summed E-state index contributed by atoms with van der Waals surface area (Å²) in [6.07, 6.45) is 2.16. The van der Waals surface area contributed by atoms with Gasteiger partial charge in [0.15, 0.2) is 0 Å². The molecule has 0 fully saturated rings. The van der Waals surface area contributed by atoms with Gasteiger partial charge in [0.25, 0.3) is 0 Å². The Kier molecular flexibility index (Phi) is 3.80. The van der Waals surface area contributed by atoms with Gasteiger partial charge < -0.3 is 9.88 Å². The maximum atomic E-state index is 3.45. The molecule has 2 aromatic rings. The fourth-order valence-electron chi connectivity index (χ4n) is 1.95. The van der Waals surface area contributed by atoms with Crippen molar-refractivity contribution in [3.63, 3.8) is 0 Å². The van der Waals surface area contributed by atoms with Crippen molar-refractivity contribution in [1.29, 1.82) is 0 Å². The number of thiophene rings is 1. The van der Waals surface area contributed by atoms with Crippen LogP contribution < -0.4 is 5.32 Å². The van der Waals surface area contributed by atoms with Gasteiger partial charge in [0.2, 0.25) is 0 Å². The largest absolute Gasteiger partial charge is 0.345 e. The fourth-order valence-corrected chi connectivity index (χ4v) is 2.65. The van der Waals surface area contributed by atoms with Crippen LogP contribution >= 0.6 is 11.3 Å². The third kappa shape index (κ3) is 2.54. The van der Waals surface area contributed by atoms with Gasteiger partial charge in [0, 0.05) is 22.8 Å². The SMILES string of the molecule is CCNC(C)c1cccn1Cc1cccs1. The van der Waals surface area contributed by atoms with E-state index in [0.29, 0.717) is 6.04 Å². The van der Waals surface area contributed by atoms with Gasteiger partial charge in [-0.1, -0.05) is 13.0 Å². The van der Waals surface area contributed by atoms with Gasteiger partial charge >= 0.3 is 0 Å². The van der Waals surface area contributed by atoms with Gasteiger partial charge in [-0.2, -0.15) is 0 Å². The van der Waals surface area contributed by atoms with Crippen molar-refractivity contribution in [3.8, 4) is 0 Å². The molecule has 0 saturated heterocycles. The first-order valence-electron chi connectivity index (χ1n) is 5.72. The third-order valence-electron chi connectivity index (χ3n) is 2.72. The predicted molar refractivity (Wildman–Crippen MR) is 69.9 cm³/mol. The Bertz CT molecular complexity index is 417. The Balaban J connectivity index is 2.13. The van der Waals surface area contributed by atoms with E-state index >= 15 is 0 Å². The molecule has 0 bridgehead atoms. The first-order valence-corrected chi connectivity index (χ1v) is 6.60. The van der Waals surface area contributed by atoms with Crippen molar-refractivity contribution in [2.45, 2.75) is 26.4 Å². The lowest BCUT2D eigenvalue weighted by molar-refractivity contribution is 0.554. The Morgan fingerprint density at radius 3 is 2.94 bits per heavy atom. The Hall–Kier alpha value is -1.06. The van der Waals surface area contributed by atoms with Gasteiger partial charge in [0.05, 0.1) is 6.54 Å². The van der Waals surface area contributed by atoms with Gasteiger partial charge in [0.1, 0.15) is 0 Å². The lowest BCUT2D eigenvalue weighted by atomic mass is 10.2. The highest BCUT2D eigenvalue weighted by Crippen LogP contribution is 2.17. The highest BCUT2D eigenvalue weighted by Gasteiger charge is 2.08. The van der Waals surface area contributed by atoms with E-state index in [1.165, 1.54) is 10.6 Å². The van der Waals surface area contributed by atoms with Crippen LogP contribution in [0.1, 0.15) is 30.5 Å². The summed E-state index contributed by atoms with van der Waals surface area (Å²) in [6, 6.07) is 9.03. The van der Waals surface area contributed by atoms with Crippen LogP contribution in [0.4, 0.5) is 0 Å². The van der Waals surface area contributed by atoms with E-state index in [9.17, 15) is 0 Å². The van der Waals surface area contributed by atoms with Crippen molar-refractivity contribution >= 4 is 11.3 Å². The van der Waals surface area contributed by atoms with Crippen LogP contribution in [0, 0.1) is 0 Å². The van der Waals surface area contributed by atoms with Crippen molar-refractivity contribution in [2.24, 2.45) is 0 Å². The molecule has 2 heterocycles. The zero-order chi connectivity index (χ0) is 11.4. The van der Waals surface area contributed by atoms with Crippen molar-refractivity contribution < 1.29 is 0 Å². The summed E-state index contributed by atoms with van der Waals surface area (Å²) >= 11 is 1.81. The minimum absolute atomic E-state index is 0.417. The zero-order valence-electron chi connectivity index (χ0n) is 9.81. The van der Waals surface area contributed by atoms with Crippen LogP contribution in [0.15, 0.2) is 35.8 Å². The lowest BCUT2D eigenvalue weighted by Crippen LogP contribution is -2.20. The minimum atomic E-state index is 0.417. The van der Waals surface area contributed by atoms with Crippen LogP contribution in [0.3, 0.4) is 0 Å². The number of aromatic nitrogens is 1. The average molecular weight is 234 g/mol. The van der Waals surface area contributed by atoms with E-state index < -0.39 is 0 Å². The molecule has 1 unspecified atom stereocenters. The molecule has 16 heavy (non-hydrogen) atoms. The standard InChI is InChI=1S/C13H18N2S/c1-3-14-11(2)13-7-4-8-15(13)10-12-6-5-9-16-12/h4-9,11,14H,3,10H2,1-2H3. The van der Waals surface area contributed by atoms with Crippen molar-refractivity contribution in [2.75, 3.05) is 6.54 Å². The summed E-state index contributed by atoms with van der Waals surface area (Å²) in [4.78, 5) is 1.40. The average Bonchev–Trinajstić information content (AvgIpc) is 2.90. The summed E-state index contributed by atoms with van der Waals surface area (Å²) in [5, 5.41) is 5.58. The molecule has 2 rings (SSSR count). The quantitative estimate of drug-likeness (QED) is 0.840. The van der Waals surface area contributed by atoms with E-state index in [2.05, 4.69) is 59.6 Å². The molecule has 2 nitrogen and oxygen atoms in total. The fraction of sp³-hybridized carbons (Fsp3) is 0.385. The van der Waals surface area contributed by atoms with Crippen molar-refractivity contribution in [1.82, 2.24) is 9.88 Å². The topological polar surface area (TPSA) is 17.0 Å². The molecular formula is C13H18N2S. The van der Waals surface area contributed by atoms with Gasteiger partial charge in [-0.25, -0.2) is 0 Å². The van der Waals surface area contributed by atoms with E-state index in [-0.39, 0.29) is 0 Å². The van der Waals surface area contributed by atoms with Crippen molar-refractivity contribution in [3.05, 3.63) is 46.4 Å². The molecule has 1 N–H and O–H groups in total. The van der Waals surface area contributed by atoms with Gasteiger partial charge in [-0.15, -0.1) is 11.3 Å². The summed E-state index contributed by atoms with van der Waals surface area (Å²) in [5.74, 6) is 0. The Morgan fingerprint density at radius 2 is 2.25 bits per heavy atom. The normalized spacial score (nSPS) is 12.9. The lowest BCUT2D eigenvalue weighted by Gasteiger charge is -2.15. The molecule has 0 aliphatic rings. The second kappa shape index (κ2) is 5.32. The maximum Gasteiger partial charge on any atom is 0.0566 e. The molecule has 0 aromatic carbocycles. The number of rotatable bonds is 5. The predicted octanol–water partition coefficient (Wildman–Crippen LogP) is 3.27. The van der Waals surface area contributed by atoms with Gasteiger partial charge in [-0.3, -0.25) is 0 Å².